The van der Waals surface area contributed by atoms with Gasteiger partial charge in [0.15, 0.2) is 11.5 Å². The molecule has 30 heteroatoms. The van der Waals surface area contributed by atoms with Crippen molar-refractivity contribution in [1.82, 2.24) is 51.9 Å². The second-order valence-corrected chi connectivity index (χ2v) is 28.6. The zero-order chi connectivity index (χ0) is 77.0. The molecular formula is C77H84ClN11O18. The summed E-state index contributed by atoms with van der Waals surface area (Å²) in [5.41, 5.74) is 6.28. The van der Waals surface area contributed by atoms with Crippen molar-refractivity contribution in [3.63, 3.8) is 0 Å². The van der Waals surface area contributed by atoms with Crippen LogP contribution in [0.1, 0.15) is 117 Å². The predicted octanol–water partition coefficient (Wildman–Crippen LogP) is 6.04. The second-order valence-electron chi connectivity index (χ2n) is 28.2. The number of hydrogen-bond donors (Lipinski definition) is 14. The van der Waals surface area contributed by atoms with Crippen LogP contribution in [0.3, 0.4) is 0 Å². The summed E-state index contributed by atoms with van der Waals surface area (Å²) < 4.78 is 18.1. The molecule has 9 atom stereocenters. The molecule has 15 N–H and O–H groups in total. The first-order valence-corrected chi connectivity index (χ1v) is 35.0. The van der Waals surface area contributed by atoms with E-state index in [1.165, 1.54) is 62.6 Å². The van der Waals surface area contributed by atoms with Gasteiger partial charge in [0.25, 0.3) is 0 Å². The lowest BCUT2D eigenvalue weighted by molar-refractivity contribution is -0.138. The van der Waals surface area contributed by atoms with Crippen molar-refractivity contribution in [1.29, 1.82) is 0 Å². The standard InChI is InChI=1S/C77H84ClN11O18/c1-38(2)29-52(87(7)76(104)107-77(3,4)5)70(98)85-64-66(94)44-20-24-55(50(78)31-44)106-57-33-45-32-56(68(57)96)105-46-21-17-42(18-22-46)65(93)63-75(103)84-62(71(99)80-6)48-34-54(91)49(37-89-27-25-88(26-28-89)36-39-13-15-41(16-14-39)40-11-9-8-10-12-40)67(95)59(48)47-30-43(19-23-53(47)90)60(72(100)86-63)83-73(101)61(45)82-69(97)51(35-58(79)92)81-74(64)102/h8-24,30-34,38,51-52,60-66,90-91,93-96H,25-29,35-37H2,1-7H3,(H2,79,92)(H,80,99)(H,81,102)(H,82,97)(H,83,101)(H,84,103)(H,85,98)(H,86,100)/t51-,52+,60+,61+,62-,63-,64+,65+,66+/m0/s1. The lowest BCUT2D eigenvalue weighted by atomic mass is 9.87. The molecule has 29 nitrogen and oxygen atoms in total. The molecule has 1 fully saturated rings. The van der Waals surface area contributed by atoms with E-state index in [1.807, 2.05) is 35.2 Å². The molecule has 6 aliphatic heterocycles. The zero-order valence-electron chi connectivity index (χ0n) is 59.5. The van der Waals surface area contributed by atoms with Crippen LogP contribution in [-0.4, -0.2) is 169 Å². The summed E-state index contributed by atoms with van der Waals surface area (Å²) in [6.07, 6.45) is -6.03. The molecule has 7 aromatic rings. The van der Waals surface area contributed by atoms with Gasteiger partial charge in [-0.3, -0.25) is 53.1 Å². The van der Waals surface area contributed by atoms with Crippen LogP contribution in [-0.2, 0) is 56.2 Å². The summed E-state index contributed by atoms with van der Waals surface area (Å²) in [5.74, 6) is -13.8. The minimum absolute atomic E-state index is 0.00356. The van der Waals surface area contributed by atoms with Crippen LogP contribution in [0.4, 0.5) is 4.79 Å². The number of benzene rings is 7. The Kier molecular flexibility index (Phi) is 23.0. The van der Waals surface area contributed by atoms with Gasteiger partial charge in [0.1, 0.15) is 88.8 Å². The Morgan fingerprint density at radius 2 is 1.25 bits per heavy atom. The zero-order valence-corrected chi connectivity index (χ0v) is 60.3. The molecule has 0 unspecified atom stereocenters. The molecule has 1 saturated heterocycles. The Balaban J connectivity index is 1.01. The van der Waals surface area contributed by atoms with E-state index in [2.05, 4.69) is 66.4 Å². The van der Waals surface area contributed by atoms with Gasteiger partial charge in [-0.1, -0.05) is 104 Å². The predicted molar refractivity (Wildman–Crippen MR) is 389 cm³/mol. The quantitative estimate of drug-likeness (QED) is 0.0626. The lowest BCUT2D eigenvalue weighted by Crippen LogP contribution is -2.59. The number of carbonyl (C=O) groups is 9. The summed E-state index contributed by atoms with van der Waals surface area (Å²) in [6, 6.07) is 20.2. The van der Waals surface area contributed by atoms with Crippen molar-refractivity contribution in [2.75, 3.05) is 40.3 Å². The van der Waals surface area contributed by atoms with Crippen molar-refractivity contribution in [2.45, 2.75) is 121 Å². The minimum Gasteiger partial charge on any atom is -0.507 e. The first-order chi connectivity index (χ1) is 50.8. The molecular weight excluding hydrogens is 1400 g/mol. The fraction of sp³-hybridized carbons (Fsp3) is 0.338. The first kappa shape index (κ1) is 76.6. The van der Waals surface area contributed by atoms with Gasteiger partial charge < -0.3 is 87.8 Å². The van der Waals surface area contributed by atoms with Crippen molar-refractivity contribution in [3.05, 3.63) is 177 Å². The number of likely N-dealkylation sites (N-methyl/N-ethyl adjacent to an activating group) is 2. The number of aliphatic hydroxyl groups excluding tert-OH is 2. The van der Waals surface area contributed by atoms with Crippen LogP contribution in [0, 0.1) is 5.92 Å². The number of fused-ring (bicyclic) bond motifs is 15. The van der Waals surface area contributed by atoms with Gasteiger partial charge in [0, 0.05) is 64.5 Å². The summed E-state index contributed by atoms with van der Waals surface area (Å²) in [4.78, 5) is 138. The average molecular weight is 1490 g/mol. The Morgan fingerprint density at radius 3 is 1.89 bits per heavy atom. The maximum atomic E-state index is 15.9. The topological polar surface area (TPSA) is 423 Å². The van der Waals surface area contributed by atoms with Gasteiger partial charge in [0.2, 0.25) is 53.0 Å². The number of nitrogens with zero attached hydrogens (tertiary/aromatic N) is 3. The highest BCUT2D eigenvalue weighted by Crippen LogP contribution is 2.49. The third-order valence-corrected chi connectivity index (χ3v) is 19.2. The fourth-order valence-corrected chi connectivity index (χ4v) is 13.4. The molecule has 9 amide bonds. The van der Waals surface area contributed by atoms with Gasteiger partial charge in [0.05, 0.1) is 17.0 Å². The number of hydrogen-bond acceptors (Lipinski definition) is 20. The van der Waals surface area contributed by atoms with Gasteiger partial charge in [-0.15, -0.1) is 0 Å². The molecule has 7 aromatic carbocycles. The third kappa shape index (κ3) is 17.4. The van der Waals surface area contributed by atoms with E-state index in [9.17, 15) is 49.8 Å². The Morgan fingerprint density at radius 1 is 0.645 bits per heavy atom. The Labute approximate surface area is 620 Å². The number of rotatable bonds is 13. The van der Waals surface area contributed by atoms with Crippen LogP contribution < -0.4 is 52.4 Å². The number of nitrogens with two attached hydrogens (primary N) is 1. The molecule has 6 heterocycles. The van der Waals surface area contributed by atoms with E-state index < -0.39 is 154 Å². The van der Waals surface area contributed by atoms with E-state index >= 15 is 24.0 Å². The van der Waals surface area contributed by atoms with Crippen LogP contribution in [0.25, 0.3) is 22.3 Å². The van der Waals surface area contributed by atoms with Gasteiger partial charge >= 0.3 is 6.09 Å². The van der Waals surface area contributed by atoms with Gasteiger partial charge in [-0.05, 0) is 132 Å². The highest BCUT2D eigenvalue weighted by molar-refractivity contribution is 6.32. The summed E-state index contributed by atoms with van der Waals surface area (Å²) in [5, 5.41) is 91.1. The molecule has 6 aliphatic rings. The number of phenols is 4. The van der Waals surface area contributed by atoms with Crippen LogP contribution in [0.5, 0.6) is 46.0 Å². The molecule has 107 heavy (non-hydrogen) atoms. The van der Waals surface area contributed by atoms with Crippen molar-refractivity contribution in [2.24, 2.45) is 11.7 Å². The van der Waals surface area contributed by atoms with E-state index in [0.29, 0.717) is 32.7 Å². The highest BCUT2D eigenvalue weighted by Gasteiger charge is 2.43. The number of halogens is 1. The average Bonchev–Trinajstić information content (AvgIpc) is 0.752. The number of primary amides is 1. The van der Waals surface area contributed by atoms with Crippen molar-refractivity contribution < 1.29 is 88.0 Å². The first-order valence-electron chi connectivity index (χ1n) is 34.6. The molecule has 562 valence electrons. The number of amides is 9. The van der Waals surface area contributed by atoms with E-state index in [-0.39, 0.29) is 79.9 Å². The number of aromatic hydroxyl groups is 4. The second kappa shape index (κ2) is 32.1. The monoisotopic (exact) mass is 1490 g/mol. The van der Waals surface area contributed by atoms with Gasteiger partial charge in [-0.25, -0.2) is 4.79 Å². The minimum atomic E-state index is -2.19. The number of nitrogens with one attached hydrogen (secondary N) is 7. The Bertz CT molecular complexity index is 4590. The highest BCUT2D eigenvalue weighted by atomic mass is 35.5. The number of phenolic OH excluding ortho intramolecular Hbond substituents is 4. The molecule has 0 aliphatic carbocycles. The SMILES string of the molecule is CNC(=O)[C@H]1NC(=O)[C@H]2NC(=O)[C@H](NC(=O)[C@@H]3NC(=O)[C@H](CC(N)=O)NC(=O)[C@H](NC(=O)[C@@H](CC(C)C)N(C)C(=O)OC(C)(C)C)[C@H](O)c4ccc(c(Cl)c4)Oc4cc3cc(c4O)Oc3ccc(cc3)[C@H]2O)c2ccc(O)c(c2)-c2c1cc(O)c(CN1CCN(Cc3ccc(-c4ccccc4)cc3)CC1)c2O. The Hall–Kier alpha value is -11.5. The smallest absolute Gasteiger partial charge is 0.410 e. The van der Waals surface area contributed by atoms with E-state index in [4.69, 9.17) is 31.5 Å². The largest absolute Gasteiger partial charge is 0.507 e. The van der Waals surface area contributed by atoms with Crippen molar-refractivity contribution >= 4 is 65.0 Å². The molecule has 13 rings (SSSR count). The molecule has 0 saturated carbocycles. The van der Waals surface area contributed by atoms with Gasteiger partial charge in [-0.2, -0.15) is 0 Å². The van der Waals surface area contributed by atoms with E-state index in [0.717, 1.165) is 51.9 Å². The number of aliphatic hydroxyl groups is 2. The molecule has 0 radical (unpaired) electrons. The number of ether oxygens (including phenoxy) is 3. The number of piperazine rings is 1. The molecule has 0 spiro atoms. The molecule has 11 bridgehead atoms. The fourth-order valence-electron chi connectivity index (χ4n) is 13.2. The van der Waals surface area contributed by atoms with Crippen LogP contribution >= 0.6 is 11.6 Å². The maximum absolute atomic E-state index is 15.9. The summed E-state index contributed by atoms with van der Waals surface area (Å²) in [6.45, 7) is 11.0. The summed E-state index contributed by atoms with van der Waals surface area (Å²) in [7, 11) is 2.55. The van der Waals surface area contributed by atoms with Crippen molar-refractivity contribution in [3.8, 4) is 68.2 Å². The number of carbonyl (C=O) groups excluding carboxylic acids is 9. The summed E-state index contributed by atoms with van der Waals surface area (Å²) >= 11 is 6.91. The third-order valence-electron chi connectivity index (χ3n) is 18.9. The van der Waals surface area contributed by atoms with E-state index in [1.54, 1.807) is 34.6 Å². The maximum Gasteiger partial charge on any atom is 0.410 e. The normalized spacial score (nSPS) is 21.0. The lowest BCUT2D eigenvalue weighted by Gasteiger charge is -2.35. The van der Waals surface area contributed by atoms with Crippen LogP contribution in [0.15, 0.2) is 133 Å². The van der Waals surface area contributed by atoms with Crippen LogP contribution in [0.2, 0.25) is 5.02 Å². The molecule has 0 aromatic heterocycles.